The first kappa shape index (κ1) is 22.1. The van der Waals surface area contributed by atoms with Crippen LogP contribution in [0.5, 0.6) is 5.75 Å². The third-order valence-electron chi connectivity index (χ3n) is 7.15. The second-order valence-corrected chi connectivity index (χ2v) is 9.17. The topological polar surface area (TPSA) is 80.2 Å². The molecule has 1 saturated heterocycles. The molecule has 7 heteroatoms. The van der Waals surface area contributed by atoms with Gasteiger partial charge in [0, 0.05) is 35.6 Å². The van der Waals surface area contributed by atoms with Gasteiger partial charge in [0.25, 0.3) is 11.5 Å². The van der Waals surface area contributed by atoms with E-state index in [-0.39, 0.29) is 11.5 Å². The summed E-state index contributed by atoms with van der Waals surface area (Å²) in [7, 11) is 1.68. The fraction of sp³-hybridized carbons (Fsp3) is 0.207. The van der Waals surface area contributed by atoms with Crippen molar-refractivity contribution in [1.82, 2.24) is 19.7 Å². The summed E-state index contributed by atoms with van der Waals surface area (Å²) in [5.74, 6) is 1.04. The van der Waals surface area contributed by atoms with Gasteiger partial charge in [0.2, 0.25) is 0 Å². The third-order valence-corrected chi connectivity index (χ3v) is 7.15. The van der Waals surface area contributed by atoms with Gasteiger partial charge in [-0.1, -0.05) is 36.4 Å². The van der Waals surface area contributed by atoms with Gasteiger partial charge in [0.1, 0.15) is 5.75 Å². The van der Waals surface area contributed by atoms with Gasteiger partial charge in [0.05, 0.1) is 18.2 Å². The predicted octanol–water partition coefficient (Wildman–Crippen LogP) is 4.90. The molecule has 1 aliphatic heterocycles. The van der Waals surface area contributed by atoms with E-state index in [1.807, 2.05) is 59.5 Å². The van der Waals surface area contributed by atoms with Crippen molar-refractivity contribution < 1.29 is 9.53 Å². The monoisotopic (exact) mass is 478 g/mol. The minimum atomic E-state index is -0.234. The molecule has 3 aromatic carbocycles. The molecule has 0 radical (unpaired) electrons. The zero-order chi connectivity index (χ0) is 24.6. The summed E-state index contributed by atoms with van der Waals surface area (Å²) in [6, 6.07) is 22.5. The number of piperidine rings is 1. The van der Waals surface area contributed by atoms with E-state index in [2.05, 4.69) is 22.3 Å². The van der Waals surface area contributed by atoms with Gasteiger partial charge in [-0.05, 0) is 60.7 Å². The number of hydrogen-bond donors (Lipinski definition) is 1. The van der Waals surface area contributed by atoms with Crippen LogP contribution in [-0.4, -0.2) is 45.8 Å². The molecule has 2 aromatic heterocycles. The molecule has 0 saturated carbocycles. The van der Waals surface area contributed by atoms with Gasteiger partial charge in [-0.15, -0.1) is 0 Å². The van der Waals surface area contributed by atoms with E-state index in [0.717, 1.165) is 24.1 Å². The molecule has 36 heavy (non-hydrogen) atoms. The van der Waals surface area contributed by atoms with Crippen molar-refractivity contribution in [2.45, 2.75) is 18.8 Å². The number of aromatic amines is 1. The van der Waals surface area contributed by atoms with Gasteiger partial charge in [-0.3, -0.25) is 9.59 Å². The molecule has 0 spiro atoms. The summed E-state index contributed by atoms with van der Waals surface area (Å²) in [5, 5.41) is 6.81. The zero-order valence-electron chi connectivity index (χ0n) is 20.0. The normalized spacial score (nSPS) is 14.4. The largest absolute Gasteiger partial charge is 0.497 e. The molecule has 1 fully saturated rings. The highest BCUT2D eigenvalue weighted by atomic mass is 16.5. The number of aromatic nitrogens is 3. The summed E-state index contributed by atoms with van der Waals surface area (Å²) in [6.45, 7) is 1.25. The molecule has 3 heterocycles. The molecule has 1 amide bonds. The van der Waals surface area contributed by atoms with Gasteiger partial charge in [-0.25, -0.2) is 0 Å². The van der Waals surface area contributed by atoms with Crippen molar-refractivity contribution in [2.75, 3.05) is 20.2 Å². The summed E-state index contributed by atoms with van der Waals surface area (Å²) in [6.07, 6.45) is 3.79. The van der Waals surface area contributed by atoms with Crippen molar-refractivity contribution in [2.24, 2.45) is 0 Å². The number of fused-ring (bicyclic) bond motifs is 2. The average molecular weight is 479 g/mol. The number of hydrogen-bond acceptors (Lipinski definition) is 4. The predicted molar refractivity (Wildman–Crippen MR) is 140 cm³/mol. The van der Waals surface area contributed by atoms with Gasteiger partial charge >= 0.3 is 0 Å². The van der Waals surface area contributed by atoms with Crippen LogP contribution in [0.3, 0.4) is 0 Å². The van der Waals surface area contributed by atoms with E-state index >= 15 is 0 Å². The van der Waals surface area contributed by atoms with Crippen LogP contribution in [0, 0.1) is 0 Å². The molecule has 5 aromatic rings. The molecule has 6 rings (SSSR count). The average Bonchev–Trinajstić information content (AvgIpc) is 3.37. The van der Waals surface area contributed by atoms with Gasteiger partial charge in [-0.2, -0.15) is 9.78 Å². The standard InChI is InChI=1S/C29H26N4O3/c1-36-21-11-12-26-24(17-21)25(18-30-26)19-13-15-32(16-14-19)29(35)27-22-9-5-6-10-23(22)28(34)33(31-27)20-7-3-2-4-8-20/h2-12,17-19,30H,13-16H2,1H3. The van der Waals surface area contributed by atoms with Crippen molar-refractivity contribution in [3.8, 4) is 11.4 Å². The Hall–Kier alpha value is -4.39. The maximum absolute atomic E-state index is 13.7. The fourth-order valence-electron chi connectivity index (χ4n) is 5.22. The van der Waals surface area contributed by atoms with Crippen LogP contribution in [0.2, 0.25) is 0 Å². The Bertz CT molecular complexity index is 1630. The highest BCUT2D eigenvalue weighted by molar-refractivity contribution is 6.05. The van der Waals surface area contributed by atoms with Crippen LogP contribution >= 0.6 is 0 Å². The molecular formula is C29H26N4O3. The lowest BCUT2D eigenvalue weighted by Gasteiger charge is -2.32. The number of ether oxygens (including phenoxy) is 1. The fourth-order valence-corrected chi connectivity index (χ4v) is 5.22. The first-order valence-electron chi connectivity index (χ1n) is 12.2. The first-order chi connectivity index (χ1) is 17.6. The number of nitrogens with one attached hydrogen (secondary N) is 1. The maximum Gasteiger partial charge on any atom is 0.279 e. The molecule has 1 N–H and O–H groups in total. The lowest BCUT2D eigenvalue weighted by atomic mass is 9.89. The van der Waals surface area contributed by atoms with Crippen LogP contribution in [0.15, 0.2) is 83.8 Å². The summed E-state index contributed by atoms with van der Waals surface area (Å²) in [5.41, 5.74) is 3.06. The van der Waals surface area contributed by atoms with E-state index in [1.54, 1.807) is 19.2 Å². The van der Waals surface area contributed by atoms with Crippen LogP contribution in [-0.2, 0) is 0 Å². The second kappa shape index (κ2) is 9.00. The molecule has 180 valence electrons. The number of methoxy groups -OCH3 is 1. The first-order valence-corrected chi connectivity index (χ1v) is 12.2. The minimum Gasteiger partial charge on any atom is -0.497 e. The maximum atomic E-state index is 13.7. The van der Waals surface area contributed by atoms with E-state index < -0.39 is 0 Å². The number of rotatable bonds is 4. The van der Waals surface area contributed by atoms with E-state index in [1.165, 1.54) is 15.6 Å². The molecule has 0 aliphatic carbocycles. The Kier molecular flexibility index (Phi) is 5.52. The highest BCUT2D eigenvalue weighted by Gasteiger charge is 2.28. The number of nitrogens with zero attached hydrogens (tertiary/aromatic N) is 3. The Balaban J connectivity index is 1.30. The molecule has 1 aliphatic rings. The van der Waals surface area contributed by atoms with Crippen molar-refractivity contribution >= 4 is 27.6 Å². The van der Waals surface area contributed by atoms with Crippen LogP contribution in [0.1, 0.15) is 34.8 Å². The Morgan fingerprint density at radius 1 is 0.944 bits per heavy atom. The SMILES string of the molecule is COc1ccc2[nH]cc(C3CCN(C(=O)c4nn(-c5ccccc5)c(=O)c5ccccc45)CC3)c2c1. The van der Waals surface area contributed by atoms with E-state index in [0.29, 0.717) is 41.2 Å². The summed E-state index contributed by atoms with van der Waals surface area (Å²) < 4.78 is 6.75. The van der Waals surface area contributed by atoms with Crippen LogP contribution in [0.25, 0.3) is 27.4 Å². The number of carbonyl (C=O) groups excluding carboxylic acids is 1. The third kappa shape index (κ3) is 3.73. The Morgan fingerprint density at radius 3 is 2.42 bits per heavy atom. The second-order valence-electron chi connectivity index (χ2n) is 9.17. The van der Waals surface area contributed by atoms with Gasteiger partial charge < -0.3 is 14.6 Å². The molecular weight excluding hydrogens is 452 g/mol. The van der Waals surface area contributed by atoms with Crippen molar-refractivity contribution in [3.05, 3.63) is 101 Å². The number of benzene rings is 3. The van der Waals surface area contributed by atoms with Crippen LogP contribution in [0.4, 0.5) is 0 Å². The highest BCUT2D eigenvalue weighted by Crippen LogP contribution is 2.35. The molecule has 7 nitrogen and oxygen atoms in total. The number of para-hydroxylation sites is 1. The lowest BCUT2D eigenvalue weighted by Crippen LogP contribution is -2.39. The zero-order valence-corrected chi connectivity index (χ0v) is 20.0. The Labute approximate surface area is 207 Å². The molecule has 0 atom stereocenters. The minimum absolute atomic E-state index is 0.144. The smallest absolute Gasteiger partial charge is 0.279 e. The number of likely N-dealkylation sites (tertiary alicyclic amines) is 1. The summed E-state index contributed by atoms with van der Waals surface area (Å²) >= 11 is 0. The molecule has 0 bridgehead atoms. The van der Waals surface area contributed by atoms with E-state index in [9.17, 15) is 9.59 Å². The lowest BCUT2D eigenvalue weighted by molar-refractivity contribution is 0.0707. The molecule has 0 unspecified atom stereocenters. The number of H-pyrrole nitrogens is 1. The quantitative estimate of drug-likeness (QED) is 0.399. The van der Waals surface area contributed by atoms with Crippen molar-refractivity contribution in [3.63, 3.8) is 0 Å². The Morgan fingerprint density at radius 2 is 1.67 bits per heavy atom. The van der Waals surface area contributed by atoms with E-state index in [4.69, 9.17) is 4.74 Å². The number of carbonyl (C=O) groups is 1. The summed E-state index contributed by atoms with van der Waals surface area (Å²) in [4.78, 5) is 32.1. The van der Waals surface area contributed by atoms with Crippen molar-refractivity contribution in [1.29, 1.82) is 0 Å². The number of amides is 1. The van der Waals surface area contributed by atoms with Gasteiger partial charge in [0.15, 0.2) is 5.69 Å². The van der Waals surface area contributed by atoms with Crippen LogP contribution < -0.4 is 10.3 Å².